The quantitative estimate of drug-likeness (QED) is 0.609. The van der Waals surface area contributed by atoms with Gasteiger partial charge in [-0.2, -0.15) is 0 Å². The van der Waals surface area contributed by atoms with Gasteiger partial charge in [-0.1, -0.05) is 25.2 Å². The second-order valence-corrected chi connectivity index (χ2v) is 5.58. The minimum Gasteiger partial charge on any atom is -0.497 e. The van der Waals surface area contributed by atoms with Crippen LogP contribution in [0.4, 0.5) is 0 Å². The molecule has 2 rings (SSSR count). The smallest absolute Gasteiger partial charge is 0.130 e. The van der Waals surface area contributed by atoms with Crippen molar-refractivity contribution in [3.8, 4) is 23.0 Å². The zero-order chi connectivity index (χ0) is 18.9. The average molecular weight is 354 g/mol. The van der Waals surface area contributed by atoms with Crippen molar-refractivity contribution in [3.05, 3.63) is 59.7 Å². The van der Waals surface area contributed by atoms with E-state index in [9.17, 15) is 0 Å². The lowest BCUT2D eigenvalue weighted by Crippen LogP contribution is -1.93. The molecule has 0 fully saturated rings. The third-order valence-electron chi connectivity index (χ3n) is 4.03. The molecule has 0 saturated heterocycles. The monoisotopic (exact) mass is 354 g/mol. The van der Waals surface area contributed by atoms with E-state index in [-0.39, 0.29) is 0 Å². The van der Waals surface area contributed by atoms with Crippen molar-refractivity contribution in [1.29, 1.82) is 0 Å². The fraction of sp³-hybridized carbons (Fsp3) is 0.273. The molecule has 0 amide bonds. The first-order valence-corrected chi connectivity index (χ1v) is 8.49. The Bertz CT molecular complexity index is 791. The summed E-state index contributed by atoms with van der Waals surface area (Å²) in [6, 6.07) is 11.6. The summed E-state index contributed by atoms with van der Waals surface area (Å²) in [7, 11) is 6.61. The summed E-state index contributed by atoms with van der Waals surface area (Å²) in [5.41, 5.74) is 3.06. The van der Waals surface area contributed by atoms with Crippen LogP contribution in [0.1, 0.15) is 24.5 Å². The van der Waals surface area contributed by atoms with Gasteiger partial charge in [0.05, 0.1) is 28.4 Å². The third-order valence-corrected chi connectivity index (χ3v) is 4.03. The van der Waals surface area contributed by atoms with Gasteiger partial charge in [0.25, 0.3) is 0 Å². The Labute approximate surface area is 155 Å². The maximum atomic E-state index is 5.55. The first-order chi connectivity index (χ1) is 12.7. The molecular weight excluding hydrogens is 328 g/mol. The van der Waals surface area contributed by atoms with Crippen LogP contribution in [0.5, 0.6) is 23.0 Å². The van der Waals surface area contributed by atoms with Crippen LogP contribution in [-0.4, -0.2) is 28.4 Å². The molecule has 4 heteroatoms. The fourth-order valence-corrected chi connectivity index (χ4v) is 2.66. The van der Waals surface area contributed by atoms with E-state index in [0.29, 0.717) is 0 Å². The van der Waals surface area contributed by atoms with E-state index in [1.165, 1.54) is 0 Å². The van der Waals surface area contributed by atoms with Crippen LogP contribution in [0, 0.1) is 0 Å². The molecule has 0 heterocycles. The van der Waals surface area contributed by atoms with Crippen LogP contribution in [0.3, 0.4) is 0 Å². The van der Waals surface area contributed by atoms with E-state index in [2.05, 4.69) is 19.1 Å². The van der Waals surface area contributed by atoms with Crippen LogP contribution in [-0.2, 0) is 0 Å². The van der Waals surface area contributed by atoms with Gasteiger partial charge in [0.15, 0.2) is 0 Å². The van der Waals surface area contributed by atoms with Gasteiger partial charge in [0, 0.05) is 23.3 Å². The van der Waals surface area contributed by atoms with E-state index in [1.54, 1.807) is 28.4 Å². The highest BCUT2D eigenvalue weighted by Crippen LogP contribution is 2.32. The summed E-state index contributed by atoms with van der Waals surface area (Å²) in [5, 5.41) is 0. The Morgan fingerprint density at radius 3 is 2.00 bits per heavy atom. The third kappa shape index (κ3) is 4.60. The van der Waals surface area contributed by atoms with Gasteiger partial charge in [0.2, 0.25) is 0 Å². The van der Waals surface area contributed by atoms with Gasteiger partial charge in [-0.15, -0.1) is 0 Å². The van der Waals surface area contributed by atoms with Gasteiger partial charge in [0.1, 0.15) is 23.0 Å². The van der Waals surface area contributed by atoms with Crippen LogP contribution in [0.2, 0.25) is 0 Å². The molecule has 26 heavy (non-hydrogen) atoms. The second kappa shape index (κ2) is 9.56. The second-order valence-electron chi connectivity index (χ2n) is 5.58. The molecule has 0 aromatic heterocycles. The normalized spacial score (nSPS) is 11.5. The SMILES string of the molecule is CC/C=C(\C=C\c1ccc(OC)cc1OC)c1ccc(OC)cc1OC. The highest BCUT2D eigenvalue weighted by molar-refractivity contribution is 5.82. The average Bonchev–Trinajstić information content (AvgIpc) is 2.70. The Morgan fingerprint density at radius 1 is 0.808 bits per heavy atom. The van der Waals surface area contributed by atoms with Crippen LogP contribution in [0.25, 0.3) is 11.6 Å². The Hall–Kier alpha value is -2.88. The van der Waals surface area contributed by atoms with Crippen molar-refractivity contribution >= 4 is 11.6 Å². The van der Waals surface area contributed by atoms with Crippen molar-refractivity contribution in [2.75, 3.05) is 28.4 Å². The lowest BCUT2D eigenvalue weighted by atomic mass is 10.0. The molecule has 0 aliphatic heterocycles. The summed E-state index contributed by atoms with van der Waals surface area (Å²) in [5.74, 6) is 3.07. The topological polar surface area (TPSA) is 36.9 Å². The van der Waals surface area contributed by atoms with Crippen LogP contribution < -0.4 is 18.9 Å². The van der Waals surface area contributed by atoms with Crippen molar-refractivity contribution in [1.82, 2.24) is 0 Å². The molecule has 0 aliphatic rings. The molecule has 2 aromatic carbocycles. The molecule has 4 nitrogen and oxygen atoms in total. The standard InChI is InChI=1S/C22H26O4/c1-6-7-16(20-13-12-19(24-3)15-22(20)26-5)8-9-17-10-11-18(23-2)14-21(17)25-4/h7-15H,6H2,1-5H3/b9-8+,16-7+. The van der Waals surface area contributed by atoms with Crippen molar-refractivity contribution in [3.63, 3.8) is 0 Å². The van der Waals surface area contributed by atoms with Gasteiger partial charge in [-0.25, -0.2) is 0 Å². The lowest BCUT2D eigenvalue weighted by molar-refractivity contribution is 0.393. The van der Waals surface area contributed by atoms with Crippen molar-refractivity contribution < 1.29 is 18.9 Å². The summed E-state index contributed by atoms with van der Waals surface area (Å²) in [6.45, 7) is 2.11. The van der Waals surface area contributed by atoms with E-state index >= 15 is 0 Å². The summed E-state index contributed by atoms with van der Waals surface area (Å²) in [4.78, 5) is 0. The van der Waals surface area contributed by atoms with Gasteiger partial charge >= 0.3 is 0 Å². The Morgan fingerprint density at radius 2 is 1.42 bits per heavy atom. The number of rotatable bonds is 8. The highest BCUT2D eigenvalue weighted by Gasteiger charge is 2.09. The molecule has 0 bridgehead atoms. The zero-order valence-corrected chi connectivity index (χ0v) is 16.0. The predicted molar refractivity (Wildman–Crippen MR) is 106 cm³/mol. The Kier molecular flexibility index (Phi) is 7.15. The Balaban J connectivity index is 2.41. The van der Waals surface area contributed by atoms with Crippen molar-refractivity contribution in [2.45, 2.75) is 13.3 Å². The number of ether oxygens (including phenoxy) is 4. The first-order valence-electron chi connectivity index (χ1n) is 8.49. The zero-order valence-electron chi connectivity index (χ0n) is 16.0. The molecular formula is C22H26O4. The molecule has 0 aliphatic carbocycles. The molecule has 0 spiro atoms. The molecule has 0 radical (unpaired) electrons. The number of benzene rings is 2. The van der Waals surface area contributed by atoms with Gasteiger partial charge < -0.3 is 18.9 Å². The summed E-state index contributed by atoms with van der Waals surface area (Å²) < 4.78 is 21.6. The lowest BCUT2D eigenvalue weighted by Gasteiger charge is -2.12. The molecule has 2 aromatic rings. The minimum absolute atomic E-state index is 0.762. The molecule has 0 saturated carbocycles. The predicted octanol–water partition coefficient (Wildman–Crippen LogP) is 5.23. The van der Waals surface area contributed by atoms with E-state index in [1.807, 2.05) is 42.5 Å². The van der Waals surface area contributed by atoms with Gasteiger partial charge in [-0.3, -0.25) is 0 Å². The summed E-state index contributed by atoms with van der Waals surface area (Å²) >= 11 is 0. The largest absolute Gasteiger partial charge is 0.497 e. The molecule has 138 valence electrons. The van der Waals surface area contributed by atoms with E-state index in [4.69, 9.17) is 18.9 Å². The van der Waals surface area contributed by atoms with E-state index in [0.717, 1.165) is 46.1 Å². The number of methoxy groups -OCH3 is 4. The maximum Gasteiger partial charge on any atom is 0.130 e. The van der Waals surface area contributed by atoms with Crippen molar-refractivity contribution in [2.24, 2.45) is 0 Å². The number of hydrogen-bond donors (Lipinski definition) is 0. The number of allylic oxidation sites excluding steroid dienone is 3. The van der Waals surface area contributed by atoms with Crippen LogP contribution in [0.15, 0.2) is 48.6 Å². The van der Waals surface area contributed by atoms with Gasteiger partial charge in [-0.05, 0) is 36.3 Å². The molecule has 0 N–H and O–H groups in total. The van der Waals surface area contributed by atoms with Crippen LogP contribution >= 0.6 is 0 Å². The van der Waals surface area contributed by atoms with E-state index < -0.39 is 0 Å². The highest BCUT2D eigenvalue weighted by atomic mass is 16.5. The fourth-order valence-electron chi connectivity index (χ4n) is 2.66. The molecule has 0 unspecified atom stereocenters. The molecule has 0 atom stereocenters. The minimum atomic E-state index is 0.762. The number of hydrogen-bond acceptors (Lipinski definition) is 4. The first kappa shape index (κ1) is 19.4. The maximum absolute atomic E-state index is 5.55. The summed E-state index contributed by atoms with van der Waals surface area (Å²) in [6.07, 6.45) is 7.17.